The summed E-state index contributed by atoms with van der Waals surface area (Å²) in [6.45, 7) is 8.91. The number of carbonyl (C=O) groups is 1. The Balaban J connectivity index is 2.53. The first kappa shape index (κ1) is 14.0. The summed E-state index contributed by atoms with van der Waals surface area (Å²) in [5.41, 5.74) is 0.663. The molecule has 2 aromatic rings. The molecule has 0 saturated carbocycles. The number of rotatable bonds is 4. The fourth-order valence-corrected chi connectivity index (χ4v) is 1.84. The molecule has 20 heavy (non-hydrogen) atoms. The second-order valence-electron chi connectivity index (χ2n) is 3.78. The predicted molar refractivity (Wildman–Crippen MR) is 72.6 cm³/mol. The number of hydrogen-bond donors (Lipinski definition) is 0. The zero-order chi connectivity index (χ0) is 14.5. The normalized spacial score (nSPS) is 10.1. The Morgan fingerprint density at radius 1 is 1.60 bits per heavy atom. The van der Waals surface area contributed by atoms with Crippen LogP contribution in [0.4, 0.5) is 0 Å². The first-order valence-electron chi connectivity index (χ1n) is 5.87. The van der Waals surface area contributed by atoms with Crippen LogP contribution in [0.3, 0.4) is 0 Å². The molecule has 0 atom stereocenters. The quantitative estimate of drug-likeness (QED) is 0.641. The van der Waals surface area contributed by atoms with E-state index in [1.807, 2.05) is 0 Å². The van der Waals surface area contributed by atoms with E-state index in [0.717, 1.165) is 0 Å². The van der Waals surface area contributed by atoms with Gasteiger partial charge in [0, 0.05) is 12.3 Å². The molecular formula is C13H11ClN4O2. The van der Waals surface area contributed by atoms with E-state index in [9.17, 15) is 4.79 Å². The Kier molecular flexibility index (Phi) is 4.33. The molecule has 0 radical (unpaired) electrons. The average Bonchev–Trinajstić information content (AvgIpc) is 2.84. The SMILES string of the molecule is [C-]#[N+]Cc1cc(C(=O)OCC)n(-c2ncccc2Cl)n1. The van der Waals surface area contributed by atoms with E-state index in [2.05, 4.69) is 14.9 Å². The molecule has 102 valence electrons. The number of hydrogen-bond acceptors (Lipinski definition) is 4. The molecule has 0 saturated heterocycles. The molecule has 0 amide bonds. The Morgan fingerprint density at radius 3 is 3.05 bits per heavy atom. The van der Waals surface area contributed by atoms with Crippen LogP contribution in [0.5, 0.6) is 0 Å². The van der Waals surface area contributed by atoms with Gasteiger partial charge in [-0.2, -0.15) is 5.10 Å². The Morgan fingerprint density at radius 2 is 2.40 bits per heavy atom. The van der Waals surface area contributed by atoms with Crippen molar-refractivity contribution in [1.82, 2.24) is 14.8 Å². The molecule has 2 rings (SSSR count). The van der Waals surface area contributed by atoms with E-state index >= 15 is 0 Å². The second-order valence-corrected chi connectivity index (χ2v) is 4.19. The molecule has 0 N–H and O–H groups in total. The smallest absolute Gasteiger partial charge is 0.357 e. The van der Waals surface area contributed by atoms with Gasteiger partial charge in [-0.3, -0.25) is 0 Å². The highest BCUT2D eigenvalue weighted by Gasteiger charge is 2.20. The van der Waals surface area contributed by atoms with Crippen LogP contribution in [0.25, 0.3) is 10.7 Å². The third-order valence-electron chi connectivity index (χ3n) is 2.43. The lowest BCUT2D eigenvalue weighted by molar-refractivity contribution is 0.0515. The van der Waals surface area contributed by atoms with Gasteiger partial charge in [0.2, 0.25) is 0 Å². The van der Waals surface area contributed by atoms with E-state index < -0.39 is 5.97 Å². The summed E-state index contributed by atoms with van der Waals surface area (Å²) in [6.07, 6.45) is 1.55. The van der Waals surface area contributed by atoms with Crippen molar-refractivity contribution >= 4 is 17.6 Å². The van der Waals surface area contributed by atoms with E-state index in [1.165, 1.54) is 10.7 Å². The third-order valence-corrected chi connectivity index (χ3v) is 2.72. The highest BCUT2D eigenvalue weighted by molar-refractivity contribution is 6.32. The molecule has 0 fully saturated rings. The minimum Gasteiger partial charge on any atom is -0.461 e. The minimum absolute atomic E-state index is 0.0733. The summed E-state index contributed by atoms with van der Waals surface area (Å²) >= 11 is 6.06. The van der Waals surface area contributed by atoms with Gasteiger partial charge in [-0.25, -0.2) is 21.0 Å². The fourth-order valence-electron chi connectivity index (χ4n) is 1.63. The first-order valence-corrected chi connectivity index (χ1v) is 6.25. The van der Waals surface area contributed by atoms with Gasteiger partial charge in [0.1, 0.15) is 5.69 Å². The van der Waals surface area contributed by atoms with Gasteiger partial charge in [-0.1, -0.05) is 11.6 Å². The maximum atomic E-state index is 11.9. The number of halogens is 1. The zero-order valence-electron chi connectivity index (χ0n) is 10.7. The first-order chi connectivity index (χ1) is 9.67. The van der Waals surface area contributed by atoms with Gasteiger partial charge >= 0.3 is 5.97 Å². The van der Waals surface area contributed by atoms with E-state index in [-0.39, 0.29) is 18.8 Å². The van der Waals surface area contributed by atoms with Crippen molar-refractivity contribution in [1.29, 1.82) is 0 Å². The minimum atomic E-state index is -0.530. The number of nitrogens with zero attached hydrogens (tertiary/aromatic N) is 4. The van der Waals surface area contributed by atoms with Gasteiger partial charge in [0.15, 0.2) is 11.5 Å². The van der Waals surface area contributed by atoms with Crippen molar-refractivity contribution in [2.24, 2.45) is 0 Å². The van der Waals surface area contributed by atoms with Crippen LogP contribution < -0.4 is 0 Å². The standard InChI is InChI=1S/C13H11ClN4O2/c1-3-20-13(19)11-7-9(8-15-2)17-18(11)12-10(14)5-4-6-16-12/h4-7H,3,8H2,1H3. The van der Waals surface area contributed by atoms with Crippen LogP contribution in [-0.2, 0) is 11.3 Å². The van der Waals surface area contributed by atoms with Crippen molar-refractivity contribution in [3.8, 4) is 5.82 Å². The highest BCUT2D eigenvalue weighted by Crippen LogP contribution is 2.20. The van der Waals surface area contributed by atoms with E-state index in [4.69, 9.17) is 22.9 Å². The lowest BCUT2D eigenvalue weighted by Crippen LogP contribution is -2.13. The van der Waals surface area contributed by atoms with Crippen molar-refractivity contribution < 1.29 is 9.53 Å². The molecule has 2 heterocycles. The molecular weight excluding hydrogens is 280 g/mol. The zero-order valence-corrected chi connectivity index (χ0v) is 11.5. The average molecular weight is 291 g/mol. The van der Waals surface area contributed by atoms with Gasteiger partial charge in [0.25, 0.3) is 6.54 Å². The van der Waals surface area contributed by atoms with Gasteiger partial charge < -0.3 is 9.58 Å². The summed E-state index contributed by atoms with van der Waals surface area (Å²) in [6, 6.07) is 4.84. The molecule has 2 aromatic heterocycles. The van der Waals surface area contributed by atoms with Crippen LogP contribution in [-0.4, -0.2) is 27.3 Å². The largest absolute Gasteiger partial charge is 0.461 e. The lowest BCUT2D eigenvalue weighted by Gasteiger charge is -2.06. The molecule has 0 spiro atoms. The Labute approximate surface area is 120 Å². The molecule has 0 aromatic carbocycles. The van der Waals surface area contributed by atoms with Crippen LogP contribution in [0.1, 0.15) is 23.1 Å². The maximum Gasteiger partial charge on any atom is 0.357 e. The summed E-state index contributed by atoms with van der Waals surface area (Å²) in [5.74, 6) is -0.202. The molecule has 0 bridgehead atoms. The second kappa shape index (κ2) is 6.17. The molecule has 0 aliphatic rings. The fraction of sp³-hybridized carbons (Fsp3) is 0.231. The molecule has 0 aliphatic heterocycles. The van der Waals surface area contributed by atoms with Gasteiger partial charge in [-0.05, 0) is 19.1 Å². The maximum absolute atomic E-state index is 11.9. The van der Waals surface area contributed by atoms with Crippen molar-refractivity contribution in [2.75, 3.05) is 6.61 Å². The van der Waals surface area contributed by atoms with Crippen molar-refractivity contribution in [2.45, 2.75) is 13.5 Å². The van der Waals surface area contributed by atoms with E-state index in [0.29, 0.717) is 16.5 Å². The number of pyridine rings is 1. The molecule has 0 unspecified atom stereocenters. The molecule has 0 aliphatic carbocycles. The van der Waals surface area contributed by atoms with Gasteiger partial charge in [0.05, 0.1) is 11.6 Å². The van der Waals surface area contributed by atoms with Crippen LogP contribution in [0.15, 0.2) is 24.4 Å². The Hall–Kier alpha value is -2.39. The lowest BCUT2D eigenvalue weighted by atomic mass is 10.3. The van der Waals surface area contributed by atoms with Crippen LogP contribution in [0.2, 0.25) is 5.02 Å². The summed E-state index contributed by atoms with van der Waals surface area (Å²) in [4.78, 5) is 19.3. The topological polar surface area (TPSA) is 61.4 Å². The Bertz CT molecular complexity index is 675. The van der Waals surface area contributed by atoms with Gasteiger partial charge in [-0.15, -0.1) is 0 Å². The van der Waals surface area contributed by atoms with Crippen LogP contribution >= 0.6 is 11.6 Å². The summed E-state index contributed by atoms with van der Waals surface area (Å²) in [7, 11) is 0. The number of aromatic nitrogens is 3. The summed E-state index contributed by atoms with van der Waals surface area (Å²) < 4.78 is 6.28. The van der Waals surface area contributed by atoms with Crippen molar-refractivity contribution in [3.05, 3.63) is 52.2 Å². The number of esters is 1. The van der Waals surface area contributed by atoms with E-state index in [1.54, 1.807) is 25.3 Å². The van der Waals surface area contributed by atoms with Crippen LogP contribution in [0, 0.1) is 6.57 Å². The monoisotopic (exact) mass is 290 g/mol. The molecule has 6 nitrogen and oxygen atoms in total. The molecule has 7 heteroatoms. The summed E-state index contributed by atoms with van der Waals surface area (Å²) in [5, 5.41) is 4.55. The highest BCUT2D eigenvalue weighted by atomic mass is 35.5. The van der Waals surface area contributed by atoms with Crippen molar-refractivity contribution in [3.63, 3.8) is 0 Å². The predicted octanol–water partition coefficient (Wildman–Crippen LogP) is 2.52. The third kappa shape index (κ3) is 2.78. The number of ether oxygens (including phenoxy) is 1. The number of carbonyl (C=O) groups excluding carboxylic acids is 1.